The van der Waals surface area contributed by atoms with E-state index in [0.717, 1.165) is 18.4 Å². The molecule has 0 aromatic carbocycles. The second kappa shape index (κ2) is 4.73. The number of aliphatic hydroxyl groups is 1. The highest BCUT2D eigenvalue weighted by molar-refractivity contribution is 5.35. The lowest BCUT2D eigenvalue weighted by Gasteiger charge is -2.15. The van der Waals surface area contributed by atoms with E-state index in [2.05, 4.69) is 4.98 Å². The number of aryl methyl sites for hydroxylation is 1. The smallest absolute Gasteiger partial charge is 0.0625 e. The van der Waals surface area contributed by atoms with E-state index in [1.165, 1.54) is 30.4 Å². The van der Waals surface area contributed by atoms with E-state index in [9.17, 15) is 0 Å². The molecule has 0 radical (unpaired) electrons. The first-order valence-electron chi connectivity index (χ1n) is 5.65. The van der Waals surface area contributed by atoms with Gasteiger partial charge in [-0.15, -0.1) is 0 Å². The molecule has 0 saturated carbocycles. The summed E-state index contributed by atoms with van der Waals surface area (Å²) in [6.07, 6.45) is 9.70. The minimum absolute atomic E-state index is 0.00185. The van der Waals surface area contributed by atoms with Crippen LogP contribution in [-0.2, 0) is 12.8 Å². The molecule has 0 bridgehead atoms. The van der Waals surface area contributed by atoms with Gasteiger partial charge in [0.05, 0.1) is 12.6 Å². The lowest BCUT2D eigenvalue weighted by atomic mass is 9.96. The van der Waals surface area contributed by atoms with Crippen molar-refractivity contribution in [1.29, 1.82) is 0 Å². The maximum atomic E-state index is 9.11. The van der Waals surface area contributed by atoms with Gasteiger partial charge in [-0.05, 0) is 42.4 Å². The molecule has 0 spiro atoms. The first-order valence-corrected chi connectivity index (χ1v) is 5.65. The van der Waals surface area contributed by atoms with Gasteiger partial charge in [0.15, 0.2) is 0 Å². The van der Waals surface area contributed by atoms with E-state index in [-0.39, 0.29) is 12.6 Å². The quantitative estimate of drug-likeness (QED) is 0.718. The number of hydrogen-bond donors (Lipinski definition) is 2. The average Bonchev–Trinajstić information content (AvgIpc) is 2.52. The summed E-state index contributed by atoms with van der Waals surface area (Å²) in [5.74, 6) is 0. The number of fused-ring (bicyclic) bond motifs is 1. The second-order valence-corrected chi connectivity index (χ2v) is 4.22. The summed E-state index contributed by atoms with van der Waals surface area (Å²) in [4.78, 5) is 4.22. The van der Waals surface area contributed by atoms with E-state index in [1.54, 1.807) is 0 Å². The molecule has 1 heterocycles. The number of aromatic nitrogens is 1. The summed E-state index contributed by atoms with van der Waals surface area (Å²) in [7, 11) is 0. The molecule has 1 aliphatic rings. The van der Waals surface area contributed by atoms with Gasteiger partial charge in [0.2, 0.25) is 0 Å². The number of aliphatic hydroxyl groups excluding tert-OH is 1. The van der Waals surface area contributed by atoms with Crippen molar-refractivity contribution in [2.75, 3.05) is 6.61 Å². The van der Waals surface area contributed by atoms with E-state index in [0.29, 0.717) is 0 Å². The number of pyridine rings is 1. The molecular weight excluding hydrogens is 188 g/mol. The van der Waals surface area contributed by atoms with Gasteiger partial charge < -0.3 is 10.8 Å². The molecule has 1 atom stereocenters. The SMILES string of the molecule is NC(CO)c1cncc2c1CCCCC2. The summed E-state index contributed by atoms with van der Waals surface area (Å²) in [6, 6.07) is -0.273. The largest absolute Gasteiger partial charge is 0.394 e. The molecule has 15 heavy (non-hydrogen) atoms. The Morgan fingerprint density at radius 2 is 2.07 bits per heavy atom. The van der Waals surface area contributed by atoms with Gasteiger partial charge in [-0.2, -0.15) is 0 Å². The minimum atomic E-state index is -0.273. The van der Waals surface area contributed by atoms with Gasteiger partial charge in [0.1, 0.15) is 0 Å². The van der Waals surface area contributed by atoms with Crippen molar-refractivity contribution in [1.82, 2.24) is 4.98 Å². The Balaban J connectivity index is 2.38. The van der Waals surface area contributed by atoms with Crippen LogP contribution in [0.4, 0.5) is 0 Å². The van der Waals surface area contributed by atoms with Crippen LogP contribution in [0.3, 0.4) is 0 Å². The van der Waals surface area contributed by atoms with Crippen LogP contribution in [0.5, 0.6) is 0 Å². The Hall–Kier alpha value is -0.930. The fourth-order valence-electron chi connectivity index (χ4n) is 2.28. The van der Waals surface area contributed by atoms with Crippen LogP contribution in [0.15, 0.2) is 12.4 Å². The highest BCUT2D eigenvalue weighted by atomic mass is 16.3. The fourth-order valence-corrected chi connectivity index (χ4v) is 2.28. The molecule has 0 amide bonds. The van der Waals surface area contributed by atoms with Crippen LogP contribution in [0.1, 0.15) is 42.0 Å². The van der Waals surface area contributed by atoms with Gasteiger partial charge in [-0.3, -0.25) is 4.98 Å². The van der Waals surface area contributed by atoms with Crippen molar-refractivity contribution >= 4 is 0 Å². The van der Waals surface area contributed by atoms with Crippen LogP contribution >= 0.6 is 0 Å². The van der Waals surface area contributed by atoms with Crippen molar-refractivity contribution in [3.05, 3.63) is 29.1 Å². The molecule has 3 N–H and O–H groups in total. The van der Waals surface area contributed by atoms with E-state index >= 15 is 0 Å². The first-order chi connectivity index (χ1) is 7.33. The molecule has 0 fully saturated rings. The van der Waals surface area contributed by atoms with E-state index in [1.807, 2.05) is 12.4 Å². The third-order valence-electron chi connectivity index (χ3n) is 3.15. The van der Waals surface area contributed by atoms with E-state index in [4.69, 9.17) is 10.8 Å². The zero-order valence-electron chi connectivity index (χ0n) is 8.95. The molecule has 1 aliphatic carbocycles. The number of nitrogens with two attached hydrogens (primary N) is 1. The van der Waals surface area contributed by atoms with Gasteiger partial charge in [-0.1, -0.05) is 6.42 Å². The predicted molar refractivity (Wildman–Crippen MR) is 59.5 cm³/mol. The van der Waals surface area contributed by atoms with Crippen molar-refractivity contribution in [3.8, 4) is 0 Å². The Kier molecular flexibility index (Phi) is 3.34. The Morgan fingerprint density at radius 3 is 2.87 bits per heavy atom. The topological polar surface area (TPSA) is 59.1 Å². The molecular formula is C12H18N2O. The molecule has 2 rings (SSSR count). The highest BCUT2D eigenvalue weighted by Gasteiger charge is 2.16. The zero-order chi connectivity index (χ0) is 10.7. The first kappa shape index (κ1) is 10.6. The summed E-state index contributed by atoms with van der Waals surface area (Å²) in [5.41, 5.74) is 9.58. The Bertz CT molecular complexity index is 338. The lowest BCUT2D eigenvalue weighted by molar-refractivity contribution is 0.267. The molecule has 0 saturated heterocycles. The molecule has 0 aliphatic heterocycles. The summed E-state index contributed by atoms with van der Waals surface area (Å²) >= 11 is 0. The number of rotatable bonds is 2. The van der Waals surface area contributed by atoms with Crippen molar-refractivity contribution < 1.29 is 5.11 Å². The fraction of sp³-hybridized carbons (Fsp3) is 0.583. The normalized spacial score (nSPS) is 18.0. The van der Waals surface area contributed by atoms with Crippen molar-refractivity contribution in [2.45, 2.75) is 38.1 Å². The zero-order valence-corrected chi connectivity index (χ0v) is 8.95. The monoisotopic (exact) mass is 206 g/mol. The molecule has 1 aromatic rings. The van der Waals surface area contributed by atoms with Crippen LogP contribution in [0.2, 0.25) is 0 Å². The molecule has 82 valence electrons. The minimum Gasteiger partial charge on any atom is -0.394 e. The van der Waals surface area contributed by atoms with Crippen LogP contribution in [0.25, 0.3) is 0 Å². The van der Waals surface area contributed by atoms with E-state index < -0.39 is 0 Å². The number of nitrogens with zero attached hydrogens (tertiary/aromatic N) is 1. The summed E-state index contributed by atoms with van der Waals surface area (Å²) in [6.45, 7) is -0.00185. The predicted octanol–water partition coefficient (Wildman–Crippen LogP) is 1.34. The third-order valence-corrected chi connectivity index (χ3v) is 3.15. The molecule has 3 heteroatoms. The molecule has 3 nitrogen and oxygen atoms in total. The van der Waals surface area contributed by atoms with Crippen LogP contribution in [0, 0.1) is 0 Å². The van der Waals surface area contributed by atoms with Gasteiger partial charge in [0.25, 0.3) is 0 Å². The standard InChI is InChI=1S/C12H18N2O/c13-12(8-15)11-7-14-6-9-4-2-1-3-5-10(9)11/h6-7,12,15H,1-5,8,13H2. The Labute approximate surface area is 90.3 Å². The highest BCUT2D eigenvalue weighted by Crippen LogP contribution is 2.25. The average molecular weight is 206 g/mol. The summed E-state index contributed by atoms with van der Waals surface area (Å²) < 4.78 is 0. The van der Waals surface area contributed by atoms with Crippen molar-refractivity contribution in [2.24, 2.45) is 5.73 Å². The summed E-state index contributed by atoms with van der Waals surface area (Å²) in [5, 5.41) is 9.11. The van der Waals surface area contributed by atoms with Gasteiger partial charge >= 0.3 is 0 Å². The Morgan fingerprint density at radius 1 is 1.27 bits per heavy atom. The van der Waals surface area contributed by atoms with Gasteiger partial charge in [-0.25, -0.2) is 0 Å². The third kappa shape index (κ3) is 2.19. The molecule has 1 unspecified atom stereocenters. The molecule has 1 aromatic heterocycles. The maximum absolute atomic E-state index is 9.11. The van der Waals surface area contributed by atoms with Crippen LogP contribution < -0.4 is 5.73 Å². The van der Waals surface area contributed by atoms with Crippen LogP contribution in [-0.4, -0.2) is 16.7 Å². The van der Waals surface area contributed by atoms with Crippen molar-refractivity contribution in [3.63, 3.8) is 0 Å². The number of hydrogen-bond acceptors (Lipinski definition) is 3. The van der Waals surface area contributed by atoms with Gasteiger partial charge in [0, 0.05) is 12.4 Å². The second-order valence-electron chi connectivity index (χ2n) is 4.22. The maximum Gasteiger partial charge on any atom is 0.0625 e. The lowest BCUT2D eigenvalue weighted by Crippen LogP contribution is -2.17.